The second kappa shape index (κ2) is 4.46. The van der Waals surface area contributed by atoms with E-state index in [4.69, 9.17) is 10.8 Å². The summed E-state index contributed by atoms with van der Waals surface area (Å²) in [5, 5.41) is 8.70. The van der Waals surface area contributed by atoms with Crippen molar-refractivity contribution in [1.82, 2.24) is 4.31 Å². The number of carboxylic acid groups (broad SMARTS) is 1. The summed E-state index contributed by atoms with van der Waals surface area (Å²) in [6.45, 7) is 0.731. The lowest BCUT2D eigenvalue weighted by atomic mass is 9.91. The molecule has 0 aliphatic carbocycles. The van der Waals surface area contributed by atoms with Gasteiger partial charge in [0.25, 0.3) is 0 Å². The lowest BCUT2D eigenvalue weighted by Gasteiger charge is -2.31. The lowest BCUT2D eigenvalue weighted by molar-refractivity contribution is -0.140. The molecule has 6 nitrogen and oxygen atoms in total. The van der Waals surface area contributed by atoms with Crippen molar-refractivity contribution in [1.29, 1.82) is 0 Å². The highest BCUT2D eigenvalue weighted by molar-refractivity contribution is 7.88. The minimum absolute atomic E-state index is 0.125. The predicted octanol–water partition coefficient (Wildman–Crippen LogP) is -0.930. The Morgan fingerprint density at radius 1 is 1.47 bits per heavy atom. The smallest absolute Gasteiger partial charge is 0.320 e. The van der Waals surface area contributed by atoms with Crippen LogP contribution in [0.2, 0.25) is 0 Å². The maximum absolute atomic E-state index is 11.2. The first-order valence-corrected chi connectivity index (χ1v) is 6.60. The zero-order valence-corrected chi connectivity index (χ0v) is 9.40. The van der Waals surface area contributed by atoms with Gasteiger partial charge in [-0.2, -0.15) is 0 Å². The molecular weight excluding hydrogens is 220 g/mol. The van der Waals surface area contributed by atoms with Crippen molar-refractivity contribution < 1.29 is 18.3 Å². The maximum Gasteiger partial charge on any atom is 0.320 e. The zero-order chi connectivity index (χ0) is 11.6. The van der Waals surface area contributed by atoms with Crippen LogP contribution in [-0.4, -0.2) is 49.2 Å². The van der Waals surface area contributed by atoms with Gasteiger partial charge in [-0.25, -0.2) is 12.7 Å². The summed E-state index contributed by atoms with van der Waals surface area (Å²) in [6, 6.07) is -0.883. The van der Waals surface area contributed by atoms with Gasteiger partial charge >= 0.3 is 5.97 Å². The van der Waals surface area contributed by atoms with E-state index < -0.39 is 22.0 Å². The van der Waals surface area contributed by atoms with Crippen molar-refractivity contribution >= 4 is 16.0 Å². The number of nitrogens with two attached hydrogens (primary N) is 1. The first-order valence-electron chi connectivity index (χ1n) is 4.76. The molecule has 15 heavy (non-hydrogen) atoms. The Morgan fingerprint density at radius 2 is 1.93 bits per heavy atom. The molecule has 1 fully saturated rings. The average molecular weight is 236 g/mol. The van der Waals surface area contributed by atoms with E-state index in [0.29, 0.717) is 25.9 Å². The molecule has 1 aliphatic heterocycles. The largest absolute Gasteiger partial charge is 0.480 e. The van der Waals surface area contributed by atoms with E-state index >= 15 is 0 Å². The van der Waals surface area contributed by atoms with E-state index in [-0.39, 0.29) is 5.92 Å². The molecule has 7 heteroatoms. The summed E-state index contributed by atoms with van der Waals surface area (Å²) < 4.78 is 23.7. The Bertz CT molecular complexity index is 333. The molecule has 1 atom stereocenters. The number of aliphatic carboxylic acids is 1. The maximum atomic E-state index is 11.2. The van der Waals surface area contributed by atoms with Gasteiger partial charge < -0.3 is 10.8 Å². The number of carbonyl (C=O) groups is 1. The van der Waals surface area contributed by atoms with Crippen molar-refractivity contribution in [3.8, 4) is 0 Å². The van der Waals surface area contributed by atoms with Gasteiger partial charge in [-0.3, -0.25) is 4.79 Å². The van der Waals surface area contributed by atoms with Gasteiger partial charge in [0.2, 0.25) is 10.0 Å². The normalized spacial score (nSPS) is 22.5. The molecule has 0 spiro atoms. The van der Waals surface area contributed by atoms with Crippen LogP contribution in [0.25, 0.3) is 0 Å². The first-order chi connectivity index (χ1) is 6.82. The Morgan fingerprint density at radius 3 is 2.27 bits per heavy atom. The molecular formula is C8H16N2O4S. The molecule has 1 saturated heterocycles. The number of rotatable bonds is 3. The van der Waals surface area contributed by atoms with Crippen LogP contribution < -0.4 is 5.73 Å². The monoisotopic (exact) mass is 236 g/mol. The molecule has 1 unspecified atom stereocenters. The van der Waals surface area contributed by atoms with Crippen LogP contribution >= 0.6 is 0 Å². The quantitative estimate of drug-likeness (QED) is 0.659. The Hall–Kier alpha value is -0.660. The van der Waals surface area contributed by atoms with Crippen molar-refractivity contribution in [2.75, 3.05) is 19.3 Å². The molecule has 0 bridgehead atoms. The Balaban J connectivity index is 2.53. The van der Waals surface area contributed by atoms with Crippen LogP contribution in [-0.2, 0) is 14.8 Å². The fraction of sp³-hybridized carbons (Fsp3) is 0.875. The van der Waals surface area contributed by atoms with E-state index in [0.717, 1.165) is 6.26 Å². The number of carboxylic acids is 1. The Kier molecular flexibility index (Phi) is 3.69. The molecule has 0 aromatic carbocycles. The van der Waals surface area contributed by atoms with Crippen LogP contribution in [0.15, 0.2) is 0 Å². The summed E-state index contributed by atoms with van der Waals surface area (Å²) in [5.41, 5.74) is 5.48. The SMILES string of the molecule is CS(=O)(=O)N1CCC(C(N)C(=O)O)CC1. The highest BCUT2D eigenvalue weighted by Crippen LogP contribution is 2.21. The third kappa shape index (κ3) is 3.15. The van der Waals surface area contributed by atoms with Crippen molar-refractivity contribution in [3.63, 3.8) is 0 Å². The minimum atomic E-state index is -3.15. The second-order valence-corrected chi connectivity index (χ2v) is 5.85. The number of sulfonamides is 1. The predicted molar refractivity (Wildman–Crippen MR) is 54.8 cm³/mol. The van der Waals surface area contributed by atoms with E-state index in [1.165, 1.54) is 4.31 Å². The molecule has 0 aromatic heterocycles. The number of nitrogens with zero attached hydrogens (tertiary/aromatic N) is 1. The fourth-order valence-electron chi connectivity index (χ4n) is 1.77. The fourth-order valence-corrected chi connectivity index (χ4v) is 2.64. The Labute approximate surface area is 89.1 Å². The molecule has 3 N–H and O–H groups in total. The molecule has 0 radical (unpaired) electrons. The topological polar surface area (TPSA) is 101 Å². The van der Waals surface area contributed by atoms with Crippen LogP contribution in [0.1, 0.15) is 12.8 Å². The molecule has 1 rings (SSSR count). The summed E-state index contributed by atoms with van der Waals surface area (Å²) in [5.74, 6) is -1.15. The van der Waals surface area contributed by atoms with Gasteiger partial charge in [0.1, 0.15) is 6.04 Å². The van der Waals surface area contributed by atoms with Crippen LogP contribution in [0.3, 0.4) is 0 Å². The van der Waals surface area contributed by atoms with Gasteiger partial charge in [-0.15, -0.1) is 0 Å². The van der Waals surface area contributed by atoms with Crippen molar-refractivity contribution in [2.24, 2.45) is 11.7 Å². The molecule has 0 saturated carbocycles. The van der Waals surface area contributed by atoms with Crippen LogP contribution in [0, 0.1) is 5.92 Å². The van der Waals surface area contributed by atoms with E-state index in [1.807, 2.05) is 0 Å². The standard InChI is InChI=1S/C8H16N2O4S/c1-15(13,14)10-4-2-6(3-5-10)7(9)8(11)12/h6-7H,2-5,9H2,1H3,(H,11,12). The van der Waals surface area contributed by atoms with Gasteiger partial charge in [0, 0.05) is 13.1 Å². The van der Waals surface area contributed by atoms with E-state index in [9.17, 15) is 13.2 Å². The van der Waals surface area contributed by atoms with E-state index in [2.05, 4.69) is 0 Å². The van der Waals surface area contributed by atoms with Gasteiger partial charge in [0.15, 0.2) is 0 Å². The van der Waals surface area contributed by atoms with Crippen molar-refractivity contribution in [3.05, 3.63) is 0 Å². The second-order valence-electron chi connectivity index (χ2n) is 3.86. The minimum Gasteiger partial charge on any atom is -0.480 e. The number of piperidine rings is 1. The first kappa shape index (κ1) is 12.4. The number of hydrogen-bond donors (Lipinski definition) is 2. The lowest BCUT2D eigenvalue weighted by Crippen LogP contribution is -2.46. The average Bonchev–Trinajstić information content (AvgIpc) is 2.15. The van der Waals surface area contributed by atoms with Gasteiger partial charge in [0.05, 0.1) is 6.26 Å². The van der Waals surface area contributed by atoms with Crippen LogP contribution in [0.4, 0.5) is 0 Å². The number of hydrogen-bond acceptors (Lipinski definition) is 4. The van der Waals surface area contributed by atoms with Crippen LogP contribution in [0.5, 0.6) is 0 Å². The molecule has 0 amide bonds. The molecule has 1 heterocycles. The summed E-state index contributed by atoms with van der Waals surface area (Å²) in [7, 11) is -3.15. The zero-order valence-electron chi connectivity index (χ0n) is 8.59. The highest BCUT2D eigenvalue weighted by atomic mass is 32.2. The summed E-state index contributed by atoms with van der Waals surface area (Å²) in [6.07, 6.45) is 2.19. The summed E-state index contributed by atoms with van der Waals surface area (Å²) >= 11 is 0. The molecule has 1 aliphatic rings. The van der Waals surface area contributed by atoms with Gasteiger partial charge in [-0.1, -0.05) is 0 Å². The molecule has 88 valence electrons. The van der Waals surface area contributed by atoms with Gasteiger partial charge in [-0.05, 0) is 18.8 Å². The van der Waals surface area contributed by atoms with E-state index in [1.54, 1.807) is 0 Å². The van der Waals surface area contributed by atoms with Crippen molar-refractivity contribution in [2.45, 2.75) is 18.9 Å². The highest BCUT2D eigenvalue weighted by Gasteiger charge is 2.31. The third-order valence-electron chi connectivity index (χ3n) is 2.76. The summed E-state index contributed by atoms with van der Waals surface area (Å²) in [4.78, 5) is 10.6. The third-order valence-corrected chi connectivity index (χ3v) is 4.06. The molecule has 0 aromatic rings.